The molecule has 2 nitrogen and oxygen atoms in total. The smallest absolute Gasteiger partial charge is 0.210 e. The van der Waals surface area contributed by atoms with Crippen LogP contribution in [0.1, 0.15) is 0 Å². The Morgan fingerprint density at radius 2 is 0.958 bits per heavy atom. The molecule has 3 aromatic carbocycles. The molecular formula is C20H19ClO2P+. The summed E-state index contributed by atoms with van der Waals surface area (Å²) >= 11 is 7.34. The van der Waals surface area contributed by atoms with Crippen LogP contribution in [0, 0.1) is 0 Å². The van der Waals surface area contributed by atoms with Crippen molar-refractivity contribution in [3.63, 3.8) is 0 Å². The van der Waals surface area contributed by atoms with Gasteiger partial charge in [0.05, 0.1) is 14.2 Å². The molecule has 0 spiro atoms. The van der Waals surface area contributed by atoms with Crippen molar-refractivity contribution < 1.29 is 9.47 Å². The fourth-order valence-corrected chi connectivity index (χ4v) is 6.27. The lowest BCUT2D eigenvalue weighted by molar-refractivity contribution is 0.415. The Kier molecular flexibility index (Phi) is 5.08. The van der Waals surface area contributed by atoms with Gasteiger partial charge >= 0.3 is 0 Å². The molecule has 0 radical (unpaired) electrons. The highest BCUT2D eigenvalue weighted by Crippen LogP contribution is 2.60. The molecule has 0 fully saturated rings. The second-order valence-electron chi connectivity index (χ2n) is 5.32. The maximum Gasteiger partial charge on any atom is 0.210 e. The summed E-state index contributed by atoms with van der Waals surface area (Å²) in [5, 5.41) is 3.32. The second-order valence-corrected chi connectivity index (χ2v) is 9.57. The van der Waals surface area contributed by atoms with Crippen LogP contribution in [0.3, 0.4) is 0 Å². The Balaban J connectivity index is 2.16. The van der Waals surface area contributed by atoms with Crippen LogP contribution in [-0.2, 0) is 0 Å². The third kappa shape index (κ3) is 3.13. The maximum atomic E-state index is 7.34. The molecule has 3 aromatic rings. The maximum absolute atomic E-state index is 7.34. The fourth-order valence-electron chi connectivity index (χ4n) is 2.66. The Morgan fingerprint density at radius 3 is 1.33 bits per heavy atom. The van der Waals surface area contributed by atoms with Crippen LogP contribution in [-0.4, -0.2) is 14.2 Å². The SMILES string of the molecule is COc1ccc([P+](Cl)(c2ccccc2)c2ccc(OC)cc2)cc1. The van der Waals surface area contributed by atoms with E-state index in [9.17, 15) is 0 Å². The van der Waals surface area contributed by atoms with E-state index < -0.39 is 6.62 Å². The van der Waals surface area contributed by atoms with Gasteiger partial charge in [-0.15, -0.1) is 0 Å². The Hall–Kier alpha value is -2.02. The Morgan fingerprint density at radius 1 is 0.583 bits per heavy atom. The van der Waals surface area contributed by atoms with Gasteiger partial charge in [-0.25, -0.2) is 0 Å². The lowest BCUT2D eigenvalue weighted by atomic mass is 10.3. The molecule has 0 aliphatic rings. The zero-order chi connectivity index (χ0) is 17.0. The zero-order valence-electron chi connectivity index (χ0n) is 13.6. The molecule has 0 aromatic heterocycles. The van der Waals surface area contributed by atoms with Gasteiger partial charge in [0.25, 0.3) is 0 Å². The summed E-state index contributed by atoms with van der Waals surface area (Å²) in [4.78, 5) is 0. The quantitative estimate of drug-likeness (QED) is 0.639. The number of ether oxygens (including phenoxy) is 2. The third-order valence-electron chi connectivity index (χ3n) is 3.97. The first-order valence-electron chi connectivity index (χ1n) is 7.62. The van der Waals surface area contributed by atoms with Gasteiger partial charge in [0.2, 0.25) is 6.62 Å². The highest BCUT2D eigenvalue weighted by Gasteiger charge is 2.44. The molecule has 0 aliphatic carbocycles. The number of hydrogen-bond donors (Lipinski definition) is 0. The number of rotatable bonds is 5. The molecule has 0 aliphatic heterocycles. The van der Waals surface area contributed by atoms with Crippen molar-refractivity contribution in [2.75, 3.05) is 14.2 Å². The van der Waals surface area contributed by atoms with Crippen LogP contribution in [0.2, 0.25) is 0 Å². The molecular weight excluding hydrogens is 339 g/mol. The highest BCUT2D eigenvalue weighted by atomic mass is 35.7. The Labute approximate surface area is 148 Å². The molecule has 24 heavy (non-hydrogen) atoms. The summed E-state index contributed by atoms with van der Waals surface area (Å²) in [6, 6.07) is 26.3. The van der Waals surface area contributed by atoms with Crippen molar-refractivity contribution in [2.45, 2.75) is 0 Å². The first-order chi connectivity index (χ1) is 11.7. The van der Waals surface area contributed by atoms with Gasteiger partial charge < -0.3 is 9.47 Å². The number of benzene rings is 3. The van der Waals surface area contributed by atoms with E-state index in [1.54, 1.807) is 14.2 Å². The summed E-state index contributed by atoms with van der Waals surface area (Å²) in [6.45, 7) is -2.23. The van der Waals surface area contributed by atoms with E-state index in [1.807, 2.05) is 42.5 Å². The molecule has 122 valence electrons. The summed E-state index contributed by atoms with van der Waals surface area (Å²) in [7, 11) is 3.33. The van der Waals surface area contributed by atoms with Gasteiger partial charge in [-0.2, -0.15) is 0 Å². The molecule has 0 unspecified atom stereocenters. The normalized spacial score (nSPS) is 11.1. The second kappa shape index (κ2) is 7.25. The van der Waals surface area contributed by atoms with E-state index in [1.165, 1.54) is 0 Å². The molecule has 0 atom stereocenters. The summed E-state index contributed by atoms with van der Waals surface area (Å²) in [5.74, 6) is 1.65. The summed E-state index contributed by atoms with van der Waals surface area (Å²) in [5.41, 5.74) is 0. The van der Waals surface area contributed by atoms with Gasteiger partial charge in [0.15, 0.2) is 0 Å². The highest BCUT2D eigenvalue weighted by molar-refractivity contribution is 8.14. The van der Waals surface area contributed by atoms with Crippen molar-refractivity contribution in [3.05, 3.63) is 78.9 Å². The van der Waals surface area contributed by atoms with E-state index in [2.05, 4.69) is 36.4 Å². The lowest BCUT2D eigenvalue weighted by Gasteiger charge is -2.19. The molecule has 4 heteroatoms. The molecule has 0 amide bonds. The van der Waals surface area contributed by atoms with Crippen molar-refractivity contribution >= 4 is 33.8 Å². The summed E-state index contributed by atoms with van der Waals surface area (Å²) < 4.78 is 10.6. The van der Waals surface area contributed by atoms with E-state index >= 15 is 0 Å². The monoisotopic (exact) mass is 357 g/mol. The van der Waals surface area contributed by atoms with Gasteiger partial charge in [0.1, 0.15) is 38.7 Å². The van der Waals surface area contributed by atoms with Crippen LogP contribution in [0.4, 0.5) is 0 Å². The molecule has 0 heterocycles. The van der Waals surface area contributed by atoms with E-state index in [0.717, 1.165) is 27.4 Å². The minimum Gasteiger partial charge on any atom is -0.497 e. The average molecular weight is 358 g/mol. The zero-order valence-corrected chi connectivity index (χ0v) is 15.3. The Bertz CT molecular complexity index is 739. The van der Waals surface area contributed by atoms with Crippen molar-refractivity contribution in [3.8, 4) is 11.5 Å². The van der Waals surface area contributed by atoms with Crippen LogP contribution in [0.25, 0.3) is 0 Å². The van der Waals surface area contributed by atoms with Crippen molar-refractivity contribution in [2.24, 2.45) is 0 Å². The lowest BCUT2D eigenvalue weighted by Crippen LogP contribution is -2.27. The van der Waals surface area contributed by atoms with E-state index in [0.29, 0.717) is 0 Å². The van der Waals surface area contributed by atoms with Gasteiger partial charge in [-0.3, -0.25) is 0 Å². The summed E-state index contributed by atoms with van der Waals surface area (Å²) in [6.07, 6.45) is 0. The van der Waals surface area contributed by atoms with Crippen molar-refractivity contribution in [1.82, 2.24) is 0 Å². The van der Waals surface area contributed by atoms with Crippen LogP contribution in [0.15, 0.2) is 78.9 Å². The first-order valence-corrected chi connectivity index (χ1v) is 10.3. The van der Waals surface area contributed by atoms with Crippen LogP contribution in [0.5, 0.6) is 11.5 Å². The van der Waals surface area contributed by atoms with E-state index in [-0.39, 0.29) is 0 Å². The molecule has 0 saturated heterocycles. The number of hydrogen-bond acceptors (Lipinski definition) is 2. The first kappa shape index (κ1) is 16.8. The topological polar surface area (TPSA) is 18.5 Å². The predicted octanol–water partition coefficient (Wildman–Crippen LogP) is 4.15. The average Bonchev–Trinajstić information content (AvgIpc) is 2.68. The predicted molar refractivity (Wildman–Crippen MR) is 104 cm³/mol. The fraction of sp³-hybridized carbons (Fsp3) is 0.100. The number of methoxy groups -OCH3 is 2. The standard InChI is InChI=1S/C20H19ClO2P/c1-22-16-8-12-19(13-9-16)24(21,18-6-4-3-5-7-18)20-14-10-17(23-2)11-15-20/h3-15H,1-2H3/q+1. The molecule has 0 bridgehead atoms. The molecule has 3 rings (SSSR count). The third-order valence-corrected chi connectivity index (χ3v) is 8.75. The minimum absolute atomic E-state index is 0.824. The van der Waals surface area contributed by atoms with Gasteiger partial charge in [0, 0.05) is 0 Å². The minimum atomic E-state index is -2.23. The van der Waals surface area contributed by atoms with E-state index in [4.69, 9.17) is 20.7 Å². The molecule has 0 saturated carbocycles. The molecule has 0 N–H and O–H groups in total. The van der Waals surface area contributed by atoms with Gasteiger partial charge in [-0.1, -0.05) is 18.2 Å². The largest absolute Gasteiger partial charge is 0.497 e. The van der Waals surface area contributed by atoms with Crippen molar-refractivity contribution in [1.29, 1.82) is 0 Å². The van der Waals surface area contributed by atoms with Crippen LogP contribution >= 0.6 is 17.9 Å². The van der Waals surface area contributed by atoms with Crippen LogP contribution < -0.4 is 25.4 Å². The van der Waals surface area contributed by atoms with Gasteiger partial charge in [-0.05, 0) is 60.7 Å². The number of halogens is 1.